The molecule has 1 aliphatic heterocycles. The number of carbonyl (C=O) groups excluding carboxylic acids is 2. The van der Waals surface area contributed by atoms with Gasteiger partial charge in [-0.25, -0.2) is 4.98 Å². The van der Waals surface area contributed by atoms with Crippen molar-refractivity contribution in [2.24, 2.45) is 5.92 Å². The first kappa shape index (κ1) is 18.9. The molecule has 0 atom stereocenters. The molecule has 5 nitrogen and oxygen atoms in total. The van der Waals surface area contributed by atoms with Crippen molar-refractivity contribution in [3.05, 3.63) is 40.4 Å². The first-order chi connectivity index (χ1) is 12.5. The average Bonchev–Trinajstić information content (AvgIpc) is 3.09. The standard InChI is InChI=1S/C19H22ClN3O2S/c1-22(2)19(25)13-7-9-23(10-8-13)17(24)11-14-12-26-18(21-14)15-5-3-4-6-16(15)20/h3-6,12-13H,7-11H2,1-2H3. The van der Waals surface area contributed by atoms with Crippen LogP contribution in [0.1, 0.15) is 18.5 Å². The summed E-state index contributed by atoms with van der Waals surface area (Å²) in [5.41, 5.74) is 1.65. The molecule has 0 aliphatic carbocycles. The topological polar surface area (TPSA) is 53.5 Å². The Bertz CT molecular complexity index is 798. The van der Waals surface area contributed by atoms with Gasteiger partial charge in [-0.05, 0) is 18.9 Å². The van der Waals surface area contributed by atoms with Crippen LogP contribution < -0.4 is 0 Å². The fourth-order valence-corrected chi connectivity index (χ4v) is 4.29. The van der Waals surface area contributed by atoms with Crippen LogP contribution in [0.2, 0.25) is 5.02 Å². The number of halogens is 1. The number of likely N-dealkylation sites (tertiary alicyclic amines) is 1. The third-order valence-electron chi connectivity index (χ3n) is 4.63. The Morgan fingerprint density at radius 1 is 1.27 bits per heavy atom. The summed E-state index contributed by atoms with van der Waals surface area (Å²) in [4.78, 5) is 32.6. The van der Waals surface area contributed by atoms with Crippen molar-refractivity contribution in [2.75, 3.05) is 27.2 Å². The van der Waals surface area contributed by atoms with Crippen molar-refractivity contribution < 1.29 is 9.59 Å². The number of amides is 2. The Morgan fingerprint density at radius 2 is 1.96 bits per heavy atom. The van der Waals surface area contributed by atoms with E-state index < -0.39 is 0 Å². The van der Waals surface area contributed by atoms with Gasteiger partial charge < -0.3 is 9.80 Å². The molecule has 7 heteroatoms. The molecule has 26 heavy (non-hydrogen) atoms. The Labute approximate surface area is 162 Å². The second-order valence-corrected chi connectivity index (χ2v) is 7.95. The number of carbonyl (C=O) groups is 2. The van der Waals surface area contributed by atoms with Gasteiger partial charge >= 0.3 is 0 Å². The van der Waals surface area contributed by atoms with Gasteiger partial charge in [0, 0.05) is 44.0 Å². The zero-order chi connectivity index (χ0) is 18.7. The van der Waals surface area contributed by atoms with E-state index in [0.29, 0.717) is 18.1 Å². The lowest BCUT2D eigenvalue weighted by molar-refractivity contribution is -0.138. The Balaban J connectivity index is 1.58. The molecule has 0 saturated carbocycles. The summed E-state index contributed by atoms with van der Waals surface area (Å²) in [6, 6.07) is 7.57. The highest BCUT2D eigenvalue weighted by molar-refractivity contribution is 7.13. The summed E-state index contributed by atoms with van der Waals surface area (Å²) in [6.07, 6.45) is 1.74. The average molecular weight is 392 g/mol. The predicted octanol–water partition coefficient (Wildman–Crippen LogP) is 3.33. The van der Waals surface area contributed by atoms with E-state index in [0.717, 1.165) is 29.1 Å². The molecule has 1 fully saturated rings. The van der Waals surface area contributed by atoms with Crippen LogP contribution in [0.15, 0.2) is 29.6 Å². The van der Waals surface area contributed by atoms with Gasteiger partial charge in [-0.3, -0.25) is 9.59 Å². The Morgan fingerprint density at radius 3 is 2.62 bits per heavy atom. The summed E-state index contributed by atoms with van der Waals surface area (Å²) in [5.74, 6) is 0.248. The molecule has 0 bridgehead atoms. The van der Waals surface area contributed by atoms with Crippen LogP contribution in [0, 0.1) is 5.92 Å². The molecule has 2 amide bonds. The number of thiazole rings is 1. The maximum atomic E-state index is 12.6. The van der Waals surface area contributed by atoms with Crippen molar-refractivity contribution in [1.82, 2.24) is 14.8 Å². The van der Waals surface area contributed by atoms with Gasteiger partial charge in [0.1, 0.15) is 5.01 Å². The second-order valence-electron chi connectivity index (χ2n) is 6.69. The van der Waals surface area contributed by atoms with Crippen LogP contribution in [0.4, 0.5) is 0 Å². The third-order valence-corrected chi connectivity index (χ3v) is 5.88. The number of hydrogen-bond acceptors (Lipinski definition) is 4. The summed E-state index contributed by atoms with van der Waals surface area (Å²) < 4.78 is 0. The van der Waals surface area contributed by atoms with Crippen molar-refractivity contribution in [1.29, 1.82) is 0 Å². The molecule has 2 heterocycles. The minimum absolute atomic E-state index is 0.0279. The number of aromatic nitrogens is 1. The summed E-state index contributed by atoms with van der Waals surface area (Å²) in [6.45, 7) is 1.26. The second kappa shape index (κ2) is 8.18. The zero-order valence-electron chi connectivity index (χ0n) is 14.9. The van der Waals surface area contributed by atoms with Crippen molar-refractivity contribution in [3.63, 3.8) is 0 Å². The van der Waals surface area contributed by atoms with Gasteiger partial charge in [0.2, 0.25) is 11.8 Å². The van der Waals surface area contributed by atoms with Gasteiger partial charge in [-0.2, -0.15) is 0 Å². The first-order valence-electron chi connectivity index (χ1n) is 8.64. The molecule has 138 valence electrons. The van der Waals surface area contributed by atoms with Crippen LogP contribution in [-0.2, 0) is 16.0 Å². The highest BCUT2D eigenvalue weighted by atomic mass is 35.5. The SMILES string of the molecule is CN(C)C(=O)C1CCN(C(=O)Cc2csc(-c3ccccc3Cl)n2)CC1. The van der Waals surface area contributed by atoms with E-state index in [1.54, 1.807) is 19.0 Å². The number of nitrogens with zero attached hydrogens (tertiary/aromatic N) is 3. The van der Waals surface area contributed by atoms with E-state index in [1.807, 2.05) is 34.5 Å². The van der Waals surface area contributed by atoms with E-state index in [1.165, 1.54) is 11.3 Å². The van der Waals surface area contributed by atoms with E-state index in [2.05, 4.69) is 4.98 Å². The third kappa shape index (κ3) is 4.24. The predicted molar refractivity (Wildman–Crippen MR) is 104 cm³/mol. The molecular formula is C19H22ClN3O2S. The molecule has 3 rings (SSSR count). The Hall–Kier alpha value is -1.92. The minimum atomic E-state index is 0.0279. The smallest absolute Gasteiger partial charge is 0.228 e. The number of rotatable bonds is 4. The van der Waals surface area contributed by atoms with Crippen LogP contribution in [-0.4, -0.2) is 53.8 Å². The molecule has 0 unspecified atom stereocenters. The van der Waals surface area contributed by atoms with Gasteiger partial charge in [0.15, 0.2) is 0 Å². The van der Waals surface area contributed by atoms with Crippen molar-refractivity contribution >= 4 is 34.8 Å². The maximum Gasteiger partial charge on any atom is 0.228 e. The first-order valence-corrected chi connectivity index (χ1v) is 9.89. The van der Waals surface area contributed by atoms with E-state index in [4.69, 9.17) is 11.6 Å². The summed E-state index contributed by atoms with van der Waals surface area (Å²) in [7, 11) is 3.55. The summed E-state index contributed by atoms with van der Waals surface area (Å²) >= 11 is 7.71. The molecule has 2 aromatic rings. The maximum absolute atomic E-state index is 12.6. The van der Waals surface area contributed by atoms with Gasteiger partial charge in [-0.15, -0.1) is 11.3 Å². The van der Waals surface area contributed by atoms with Crippen molar-refractivity contribution in [2.45, 2.75) is 19.3 Å². The number of hydrogen-bond donors (Lipinski definition) is 0. The van der Waals surface area contributed by atoms with Gasteiger partial charge in [-0.1, -0.05) is 29.8 Å². The lowest BCUT2D eigenvalue weighted by Gasteiger charge is -2.32. The highest BCUT2D eigenvalue weighted by Gasteiger charge is 2.28. The van der Waals surface area contributed by atoms with Crippen LogP contribution in [0.25, 0.3) is 10.6 Å². The van der Waals surface area contributed by atoms with Crippen LogP contribution in [0.5, 0.6) is 0 Å². The molecule has 0 radical (unpaired) electrons. The zero-order valence-corrected chi connectivity index (χ0v) is 16.5. The lowest BCUT2D eigenvalue weighted by Crippen LogP contribution is -2.43. The number of benzene rings is 1. The quantitative estimate of drug-likeness (QED) is 0.803. The number of piperidine rings is 1. The highest BCUT2D eigenvalue weighted by Crippen LogP contribution is 2.30. The normalized spacial score (nSPS) is 15.1. The van der Waals surface area contributed by atoms with E-state index in [-0.39, 0.29) is 24.2 Å². The molecule has 1 saturated heterocycles. The van der Waals surface area contributed by atoms with Gasteiger partial charge in [0.05, 0.1) is 17.1 Å². The molecule has 0 spiro atoms. The molecule has 0 N–H and O–H groups in total. The van der Waals surface area contributed by atoms with E-state index in [9.17, 15) is 9.59 Å². The minimum Gasteiger partial charge on any atom is -0.349 e. The molecule has 1 aromatic heterocycles. The van der Waals surface area contributed by atoms with Crippen LogP contribution in [0.3, 0.4) is 0 Å². The van der Waals surface area contributed by atoms with Crippen LogP contribution >= 0.6 is 22.9 Å². The molecule has 1 aromatic carbocycles. The van der Waals surface area contributed by atoms with Gasteiger partial charge in [0.25, 0.3) is 0 Å². The largest absolute Gasteiger partial charge is 0.349 e. The molecular weight excluding hydrogens is 370 g/mol. The van der Waals surface area contributed by atoms with E-state index >= 15 is 0 Å². The fourth-order valence-electron chi connectivity index (χ4n) is 3.15. The lowest BCUT2D eigenvalue weighted by atomic mass is 9.95. The summed E-state index contributed by atoms with van der Waals surface area (Å²) in [5, 5.41) is 3.40. The van der Waals surface area contributed by atoms with Crippen molar-refractivity contribution in [3.8, 4) is 10.6 Å². The fraction of sp³-hybridized carbons (Fsp3) is 0.421. The molecule has 1 aliphatic rings. The monoisotopic (exact) mass is 391 g/mol. The Kier molecular flexibility index (Phi) is 5.94.